The van der Waals surface area contributed by atoms with Gasteiger partial charge in [-0.3, -0.25) is 9.69 Å². The maximum Gasteiger partial charge on any atom is 0.253 e. The van der Waals surface area contributed by atoms with E-state index in [0.717, 1.165) is 30.8 Å². The first-order valence-corrected chi connectivity index (χ1v) is 7.44. The number of likely N-dealkylation sites (N-methyl/N-ethyl adjacent to an activating group) is 2. The maximum atomic E-state index is 12.4. The molecular formula is C16H25N3O. The predicted molar refractivity (Wildman–Crippen MR) is 81.6 cm³/mol. The Kier molecular flexibility index (Phi) is 5.15. The number of likely N-dealkylation sites (tertiary alicyclic amines) is 1. The molecule has 1 unspecified atom stereocenters. The Morgan fingerprint density at radius 1 is 1.40 bits per heavy atom. The van der Waals surface area contributed by atoms with Crippen LogP contribution in [0.2, 0.25) is 0 Å². The molecule has 0 aliphatic carbocycles. The number of amides is 1. The monoisotopic (exact) mass is 275 g/mol. The van der Waals surface area contributed by atoms with Crippen molar-refractivity contribution < 1.29 is 4.79 Å². The second-order valence-electron chi connectivity index (χ2n) is 5.51. The van der Waals surface area contributed by atoms with Gasteiger partial charge >= 0.3 is 0 Å². The van der Waals surface area contributed by atoms with E-state index in [1.54, 1.807) is 0 Å². The van der Waals surface area contributed by atoms with Gasteiger partial charge in [0.05, 0.1) is 0 Å². The van der Waals surface area contributed by atoms with Crippen molar-refractivity contribution in [1.29, 1.82) is 0 Å². The van der Waals surface area contributed by atoms with Crippen LogP contribution >= 0.6 is 0 Å². The first kappa shape index (κ1) is 15.0. The standard InChI is InChI=1S/C16H25N3O/c1-3-19-10-4-5-15(19)12-18(2)16(20)14-8-6-13(11-17)7-9-14/h6-9,15H,3-5,10-12,17H2,1-2H3. The van der Waals surface area contributed by atoms with Gasteiger partial charge in [-0.05, 0) is 43.6 Å². The summed E-state index contributed by atoms with van der Waals surface area (Å²) in [5.41, 5.74) is 7.37. The van der Waals surface area contributed by atoms with Gasteiger partial charge in [0, 0.05) is 31.7 Å². The summed E-state index contributed by atoms with van der Waals surface area (Å²) >= 11 is 0. The minimum atomic E-state index is 0.0940. The zero-order valence-corrected chi connectivity index (χ0v) is 12.5. The Morgan fingerprint density at radius 2 is 2.10 bits per heavy atom. The molecule has 0 spiro atoms. The molecule has 1 fully saturated rings. The molecule has 2 N–H and O–H groups in total. The van der Waals surface area contributed by atoms with Crippen molar-refractivity contribution in [2.75, 3.05) is 26.7 Å². The molecule has 20 heavy (non-hydrogen) atoms. The van der Waals surface area contributed by atoms with E-state index in [9.17, 15) is 4.79 Å². The molecule has 1 amide bonds. The van der Waals surface area contributed by atoms with Gasteiger partial charge in [0.25, 0.3) is 5.91 Å². The van der Waals surface area contributed by atoms with Crippen LogP contribution in [0.25, 0.3) is 0 Å². The molecule has 4 heteroatoms. The quantitative estimate of drug-likeness (QED) is 0.890. The Labute approximate surface area is 121 Å². The van der Waals surface area contributed by atoms with Gasteiger partial charge in [0.2, 0.25) is 0 Å². The zero-order chi connectivity index (χ0) is 14.5. The predicted octanol–water partition coefficient (Wildman–Crippen LogP) is 1.70. The third-order valence-electron chi connectivity index (χ3n) is 4.17. The van der Waals surface area contributed by atoms with Gasteiger partial charge in [-0.1, -0.05) is 19.1 Å². The summed E-state index contributed by atoms with van der Waals surface area (Å²) in [4.78, 5) is 16.7. The molecule has 1 aliphatic heterocycles. The van der Waals surface area contributed by atoms with E-state index in [1.807, 2.05) is 36.2 Å². The van der Waals surface area contributed by atoms with Gasteiger partial charge in [-0.15, -0.1) is 0 Å². The van der Waals surface area contributed by atoms with Crippen LogP contribution in [-0.4, -0.2) is 48.4 Å². The molecule has 1 aromatic rings. The Bertz CT molecular complexity index is 444. The smallest absolute Gasteiger partial charge is 0.253 e. The number of hydrogen-bond donors (Lipinski definition) is 1. The largest absolute Gasteiger partial charge is 0.340 e. The number of nitrogens with zero attached hydrogens (tertiary/aromatic N) is 2. The van der Waals surface area contributed by atoms with Crippen molar-refractivity contribution in [2.24, 2.45) is 5.73 Å². The van der Waals surface area contributed by atoms with Crippen molar-refractivity contribution in [1.82, 2.24) is 9.80 Å². The molecule has 1 saturated heterocycles. The molecule has 1 heterocycles. The molecular weight excluding hydrogens is 250 g/mol. The number of carbonyl (C=O) groups is 1. The van der Waals surface area contributed by atoms with Crippen molar-refractivity contribution in [2.45, 2.75) is 32.4 Å². The van der Waals surface area contributed by atoms with Crippen LogP contribution in [0.5, 0.6) is 0 Å². The number of nitrogens with two attached hydrogens (primary N) is 1. The summed E-state index contributed by atoms with van der Waals surface area (Å²) in [6.45, 7) is 5.74. The van der Waals surface area contributed by atoms with Gasteiger partial charge < -0.3 is 10.6 Å². The normalized spacial score (nSPS) is 19.2. The van der Waals surface area contributed by atoms with Crippen molar-refractivity contribution >= 4 is 5.91 Å². The highest BCUT2D eigenvalue weighted by molar-refractivity contribution is 5.94. The summed E-state index contributed by atoms with van der Waals surface area (Å²) in [5, 5.41) is 0. The van der Waals surface area contributed by atoms with Gasteiger partial charge in [-0.25, -0.2) is 0 Å². The fourth-order valence-corrected chi connectivity index (χ4v) is 2.92. The molecule has 0 bridgehead atoms. The molecule has 0 saturated carbocycles. The summed E-state index contributed by atoms with van der Waals surface area (Å²) in [6.07, 6.45) is 2.43. The van der Waals surface area contributed by atoms with Crippen LogP contribution in [0.1, 0.15) is 35.7 Å². The summed E-state index contributed by atoms with van der Waals surface area (Å²) < 4.78 is 0. The number of hydrogen-bond acceptors (Lipinski definition) is 3. The van der Waals surface area contributed by atoms with E-state index < -0.39 is 0 Å². The molecule has 1 atom stereocenters. The summed E-state index contributed by atoms with van der Waals surface area (Å²) in [7, 11) is 1.89. The highest BCUT2D eigenvalue weighted by Crippen LogP contribution is 2.18. The van der Waals surface area contributed by atoms with Gasteiger partial charge in [-0.2, -0.15) is 0 Å². The van der Waals surface area contributed by atoms with E-state index in [4.69, 9.17) is 5.73 Å². The van der Waals surface area contributed by atoms with Crippen LogP contribution in [0, 0.1) is 0 Å². The van der Waals surface area contributed by atoms with E-state index >= 15 is 0 Å². The minimum Gasteiger partial charge on any atom is -0.340 e. The molecule has 110 valence electrons. The molecule has 0 aromatic heterocycles. The molecule has 1 aliphatic rings. The number of carbonyl (C=O) groups excluding carboxylic acids is 1. The Hall–Kier alpha value is -1.39. The topological polar surface area (TPSA) is 49.6 Å². The first-order chi connectivity index (χ1) is 9.65. The first-order valence-electron chi connectivity index (χ1n) is 7.44. The fourth-order valence-electron chi connectivity index (χ4n) is 2.92. The van der Waals surface area contributed by atoms with E-state index in [2.05, 4.69) is 11.8 Å². The van der Waals surface area contributed by atoms with Crippen LogP contribution < -0.4 is 5.73 Å². The third-order valence-corrected chi connectivity index (χ3v) is 4.17. The number of benzene rings is 1. The van der Waals surface area contributed by atoms with Crippen LogP contribution in [-0.2, 0) is 6.54 Å². The van der Waals surface area contributed by atoms with E-state index in [1.165, 1.54) is 12.8 Å². The maximum absolute atomic E-state index is 12.4. The minimum absolute atomic E-state index is 0.0940. The van der Waals surface area contributed by atoms with Gasteiger partial charge in [0.1, 0.15) is 0 Å². The molecule has 4 nitrogen and oxygen atoms in total. The van der Waals surface area contributed by atoms with Crippen LogP contribution in [0.15, 0.2) is 24.3 Å². The van der Waals surface area contributed by atoms with E-state index in [-0.39, 0.29) is 5.91 Å². The Morgan fingerprint density at radius 3 is 2.70 bits per heavy atom. The molecule has 1 aromatic carbocycles. The lowest BCUT2D eigenvalue weighted by molar-refractivity contribution is 0.0754. The third kappa shape index (κ3) is 3.38. The van der Waals surface area contributed by atoms with Crippen molar-refractivity contribution in [3.05, 3.63) is 35.4 Å². The second-order valence-corrected chi connectivity index (χ2v) is 5.51. The van der Waals surface area contributed by atoms with Crippen LogP contribution in [0.3, 0.4) is 0 Å². The average Bonchev–Trinajstić information content (AvgIpc) is 2.93. The zero-order valence-electron chi connectivity index (χ0n) is 12.5. The average molecular weight is 275 g/mol. The van der Waals surface area contributed by atoms with Crippen molar-refractivity contribution in [3.8, 4) is 0 Å². The summed E-state index contributed by atoms with van der Waals surface area (Å²) in [6, 6.07) is 8.10. The lowest BCUT2D eigenvalue weighted by Gasteiger charge is -2.27. The molecule has 2 rings (SSSR count). The summed E-state index contributed by atoms with van der Waals surface area (Å²) in [5.74, 6) is 0.0940. The fraction of sp³-hybridized carbons (Fsp3) is 0.562. The van der Waals surface area contributed by atoms with Crippen LogP contribution in [0.4, 0.5) is 0 Å². The molecule has 0 radical (unpaired) electrons. The van der Waals surface area contributed by atoms with Crippen molar-refractivity contribution in [3.63, 3.8) is 0 Å². The second kappa shape index (κ2) is 6.86. The highest BCUT2D eigenvalue weighted by Gasteiger charge is 2.25. The highest BCUT2D eigenvalue weighted by atomic mass is 16.2. The van der Waals surface area contributed by atoms with E-state index in [0.29, 0.717) is 12.6 Å². The lowest BCUT2D eigenvalue weighted by atomic mass is 10.1. The SMILES string of the molecule is CCN1CCCC1CN(C)C(=O)c1ccc(CN)cc1. The Balaban J connectivity index is 1.97. The lowest BCUT2D eigenvalue weighted by Crippen LogP contribution is -2.41. The van der Waals surface area contributed by atoms with Gasteiger partial charge in [0.15, 0.2) is 0 Å². The number of rotatable bonds is 5.